The van der Waals surface area contributed by atoms with Crippen LogP contribution in [0.25, 0.3) is 22.1 Å². The van der Waals surface area contributed by atoms with E-state index in [2.05, 4.69) is 0 Å². The summed E-state index contributed by atoms with van der Waals surface area (Å²) in [6.45, 7) is 6.06. The number of fused-ring (bicyclic) bond motifs is 3. The highest BCUT2D eigenvalue weighted by molar-refractivity contribution is 6.02. The molecular weight excluding hydrogens is 328 g/mol. The lowest BCUT2D eigenvalue weighted by atomic mass is 10.1. The smallest absolute Gasteiger partial charge is 0.332 e. The van der Waals surface area contributed by atoms with Crippen molar-refractivity contribution in [3.8, 4) is 0 Å². The second-order valence-corrected chi connectivity index (χ2v) is 6.90. The molecule has 0 bridgehead atoms. The summed E-state index contributed by atoms with van der Waals surface area (Å²) < 4.78 is 8.74. The van der Waals surface area contributed by atoms with Crippen molar-refractivity contribution in [3.05, 3.63) is 80.5 Å². The summed E-state index contributed by atoms with van der Waals surface area (Å²) in [5, 5.41) is 0.778. The average Bonchev–Trinajstić information content (AvgIpc) is 3.00. The van der Waals surface area contributed by atoms with E-state index in [0.717, 1.165) is 16.5 Å². The monoisotopic (exact) mass is 348 g/mol. The third kappa shape index (κ3) is 2.47. The minimum absolute atomic E-state index is 0.228. The molecule has 0 fully saturated rings. The van der Waals surface area contributed by atoms with Gasteiger partial charge in [0.1, 0.15) is 11.1 Å². The molecule has 0 aliphatic rings. The third-order valence-corrected chi connectivity index (χ3v) is 4.67. The molecule has 0 unspecified atom stereocenters. The molecule has 0 atom stereocenters. The number of hydrogen-bond acceptors (Lipinski definition) is 3. The van der Waals surface area contributed by atoms with Crippen LogP contribution in [0.3, 0.4) is 0 Å². The Labute approximate surface area is 150 Å². The average molecular weight is 348 g/mol. The molecule has 0 aliphatic carbocycles. The summed E-state index contributed by atoms with van der Waals surface area (Å²) in [4.78, 5) is 26.0. The van der Waals surface area contributed by atoms with Crippen molar-refractivity contribution in [2.75, 3.05) is 0 Å². The quantitative estimate of drug-likeness (QED) is 0.565. The van der Waals surface area contributed by atoms with Gasteiger partial charge in [0.15, 0.2) is 0 Å². The molecule has 2 aromatic heterocycles. The number of hydrogen-bond donors (Lipinski definition) is 0. The molecule has 0 aliphatic heterocycles. The topological polar surface area (TPSA) is 57.1 Å². The summed E-state index contributed by atoms with van der Waals surface area (Å²) in [5.74, 6) is 0. The van der Waals surface area contributed by atoms with Crippen molar-refractivity contribution in [3.63, 3.8) is 0 Å². The fourth-order valence-corrected chi connectivity index (χ4v) is 3.34. The third-order valence-electron chi connectivity index (χ3n) is 4.67. The van der Waals surface area contributed by atoms with Crippen molar-refractivity contribution >= 4 is 22.1 Å². The Hall–Kier alpha value is -3.08. The van der Waals surface area contributed by atoms with Crippen LogP contribution >= 0.6 is 0 Å². The highest BCUT2D eigenvalue weighted by Gasteiger charge is 2.21. The molecule has 4 rings (SSSR count). The van der Waals surface area contributed by atoms with Crippen LogP contribution in [0.2, 0.25) is 0 Å². The number of nitrogens with zero attached hydrogens (tertiary/aromatic N) is 2. The van der Waals surface area contributed by atoms with Gasteiger partial charge in [0.05, 0.1) is 6.54 Å². The van der Waals surface area contributed by atoms with Crippen LogP contribution in [0.5, 0.6) is 0 Å². The SMILES string of the molecule is Cc1ccc(Cn2c(=O)n(C(C)C)c(=O)c3oc4ccccc4c32)cc1. The van der Waals surface area contributed by atoms with Gasteiger partial charge < -0.3 is 4.42 Å². The Balaban J connectivity index is 2.10. The lowest BCUT2D eigenvalue weighted by Crippen LogP contribution is -2.41. The van der Waals surface area contributed by atoms with E-state index in [-0.39, 0.29) is 22.9 Å². The molecule has 2 heterocycles. The van der Waals surface area contributed by atoms with E-state index in [1.54, 1.807) is 4.57 Å². The molecule has 4 aromatic rings. The molecule has 0 saturated carbocycles. The van der Waals surface area contributed by atoms with Crippen molar-refractivity contribution < 1.29 is 4.42 Å². The minimum atomic E-state index is -0.378. The predicted molar refractivity (Wildman–Crippen MR) is 103 cm³/mol. The zero-order chi connectivity index (χ0) is 18.4. The molecule has 5 heteroatoms. The highest BCUT2D eigenvalue weighted by atomic mass is 16.3. The van der Waals surface area contributed by atoms with Crippen molar-refractivity contribution in [1.82, 2.24) is 9.13 Å². The Morgan fingerprint density at radius 1 is 1.00 bits per heavy atom. The van der Waals surface area contributed by atoms with E-state index in [4.69, 9.17) is 4.42 Å². The Bertz CT molecular complexity index is 1220. The maximum absolute atomic E-state index is 13.1. The lowest BCUT2D eigenvalue weighted by Gasteiger charge is -2.14. The minimum Gasteiger partial charge on any atom is -0.449 e. The molecule has 0 radical (unpaired) electrons. The lowest BCUT2D eigenvalue weighted by molar-refractivity contribution is 0.513. The van der Waals surface area contributed by atoms with Crippen LogP contribution < -0.4 is 11.2 Å². The zero-order valence-electron chi connectivity index (χ0n) is 15.0. The first-order valence-corrected chi connectivity index (χ1v) is 8.69. The number of aromatic nitrogens is 2. The fourth-order valence-electron chi connectivity index (χ4n) is 3.34. The van der Waals surface area contributed by atoms with E-state index < -0.39 is 0 Å². The standard InChI is InChI=1S/C21H20N2O3/c1-13(2)23-20(24)19-18(16-6-4-5-7-17(16)26-19)22(21(23)25)12-15-10-8-14(3)9-11-15/h4-11,13H,12H2,1-3H3. The fraction of sp³-hybridized carbons (Fsp3) is 0.238. The summed E-state index contributed by atoms with van der Waals surface area (Å²) in [6.07, 6.45) is 0. The van der Waals surface area contributed by atoms with Crippen LogP contribution in [-0.4, -0.2) is 9.13 Å². The van der Waals surface area contributed by atoms with Crippen LogP contribution in [-0.2, 0) is 6.54 Å². The number of benzene rings is 2. The first kappa shape index (κ1) is 16.4. The van der Waals surface area contributed by atoms with E-state index in [0.29, 0.717) is 17.6 Å². The second kappa shape index (κ2) is 6.02. The Morgan fingerprint density at radius 3 is 2.38 bits per heavy atom. The van der Waals surface area contributed by atoms with Gasteiger partial charge >= 0.3 is 5.69 Å². The first-order chi connectivity index (χ1) is 12.5. The molecule has 2 aromatic carbocycles. The summed E-state index contributed by atoms with van der Waals surface area (Å²) >= 11 is 0. The normalized spacial score (nSPS) is 11.7. The number of para-hydroxylation sites is 1. The molecule has 0 spiro atoms. The molecule has 5 nitrogen and oxygen atoms in total. The van der Waals surface area contributed by atoms with Crippen molar-refractivity contribution in [1.29, 1.82) is 0 Å². The van der Waals surface area contributed by atoms with E-state index in [9.17, 15) is 9.59 Å². The van der Waals surface area contributed by atoms with Gasteiger partial charge in [0.25, 0.3) is 5.56 Å². The maximum atomic E-state index is 13.1. The van der Waals surface area contributed by atoms with Crippen LogP contribution in [0.4, 0.5) is 0 Å². The number of aryl methyl sites for hydroxylation is 1. The number of rotatable bonds is 3. The Morgan fingerprint density at radius 2 is 1.69 bits per heavy atom. The molecular formula is C21H20N2O3. The van der Waals surface area contributed by atoms with Crippen molar-refractivity contribution in [2.45, 2.75) is 33.4 Å². The molecule has 26 heavy (non-hydrogen) atoms. The summed E-state index contributed by atoms with van der Waals surface area (Å²) in [6, 6.07) is 15.2. The largest absolute Gasteiger partial charge is 0.449 e. The van der Waals surface area contributed by atoms with Crippen LogP contribution in [0.1, 0.15) is 31.0 Å². The maximum Gasteiger partial charge on any atom is 0.332 e. The van der Waals surface area contributed by atoms with Gasteiger partial charge in [-0.2, -0.15) is 0 Å². The first-order valence-electron chi connectivity index (χ1n) is 8.69. The highest BCUT2D eigenvalue weighted by Crippen LogP contribution is 2.26. The van der Waals surface area contributed by atoms with E-state index >= 15 is 0 Å². The van der Waals surface area contributed by atoms with Crippen LogP contribution in [0.15, 0.2) is 62.5 Å². The van der Waals surface area contributed by atoms with Gasteiger partial charge in [-0.1, -0.05) is 42.0 Å². The van der Waals surface area contributed by atoms with Gasteiger partial charge in [-0.3, -0.25) is 13.9 Å². The van der Waals surface area contributed by atoms with Gasteiger partial charge in [0.2, 0.25) is 5.58 Å². The second-order valence-electron chi connectivity index (χ2n) is 6.90. The Kier molecular flexibility index (Phi) is 3.80. The van der Waals surface area contributed by atoms with Gasteiger partial charge in [-0.25, -0.2) is 4.79 Å². The van der Waals surface area contributed by atoms with Gasteiger partial charge in [0, 0.05) is 11.4 Å². The molecule has 0 amide bonds. The summed E-state index contributed by atoms with van der Waals surface area (Å²) in [7, 11) is 0. The van der Waals surface area contributed by atoms with Gasteiger partial charge in [-0.05, 0) is 38.5 Å². The molecule has 0 N–H and O–H groups in total. The van der Waals surface area contributed by atoms with Crippen molar-refractivity contribution in [2.24, 2.45) is 0 Å². The number of furan rings is 1. The van der Waals surface area contributed by atoms with Gasteiger partial charge in [-0.15, -0.1) is 0 Å². The molecule has 0 saturated heterocycles. The zero-order valence-corrected chi connectivity index (χ0v) is 15.0. The van der Waals surface area contributed by atoms with E-state index in [1.807, 2.05) is 69.3 Å². The van der Waals surface area contributed by atoms with Crippen LogP contribution in [0, 0.1) is 6.92 Å². The summed E-state index contributed by atoms with van der Waals surface area (Å²) in [5.41, 5.74) is 2.87. The predicted octanol–water partition coefficient (Wildman–Crippen LogP) is 3.85. The molecule has 132 valence electrons. The van der Waals surface area contributed by atoms with E-state index in [1.165, 1.54) is 4.57 Å².